The molecule has 0 aliphatic rings. The van der Waals surface area contributed by atoms with E-state index in [1.165, 1.54) is 12.1 Å². The summed E-state index contributed by atoms with van der Waals surface area (Å²) >= 11 is 3.22. The van der Waals surface area contributed by atoms with Crippen LogP contribution < -0.4 is 10.1 Å². The minimum atomic E-state index is -1.13. The van der Waals surface area contributed by atoms with E-state index < -0.39 is 11.9 Å². The number of aromatic carboxylic acids is 1. The zero-order valence-electron chi connectivity index (χ0n) is 14.6. The van der Waals surface area contributed by atoms with Gasteiger partial charge in [-0.2, -0.15) is 5.10 Å². The van der Waals surface area contributed by atoms with Gasteiger partial charge in [0.2, 0.25) is 0 Å². The molecule has 8 heteroatoms. The quantitative estimate of drug-likeness (QED) is 0.642. The Morgan fingerprint density at radius 1 is 1.15 bits per heavy atom. The third-order valence-corrected chi connectivity index (χ3v) is 4.45. The minimum absolute atomic E-state index is 0.0102. The number of anilines is 1. The van der Waals surface area contributed by atoms with E-state index in [1.807, 2.05) is 24.3 Å². The Hall–Kier alpha value is -3.13. The molecule has 0 fully saturated rings. The van der Waals surface area contributed by atoms with Gasteiger partial charge in [0.05, 0.1) is 24.1 Å². The second-order valence-electron chi connectivity index (χ2n) is 5.72. The predicted molar refractivity (Wildman–Crippen MR) is 104 cm³/mol. The maximum absolute atomic E-state index is 12.6. The number of hydrogen-bond acceptors (Lipinski definition) is 4. The van der Waals surface area contributed by atoms with Crippen LogP contribution in [0.2, 0.25) is 0 Å². The molecule has 0 aliphatic carbocycles. The molecule has 3 rings (SSSR count). The molecule has 0 aliphatic heterocycles. The fourth-order valence-corrected chi connectivity index (χ4v) is 2.96. The zero-order valence-corrected chi connectivity index (χ0v) is 16.1. The maximum atomic E-state index is 12.6. The molecule has 0 saturated heterocycles. The molecule has 0 bridgehead atoms. The molecule has 0 atom stereocenters. The van der Waals surface area contributed by atoms with Crippen LogP contribution >= 0.6 is 15.9 Å². The normalized spacial score (nSPS) is 10.5. The number of carboxylic acids is 1. The SMILES string of the molecule is COc1ccc(-c2cc(C(=O)Nc3ccc(Br)cc3C(=O)O)nn2C)cc1. The summed E-state index contributed by atoms with van der Waals surface area (Å²) in [5.41, 5.74) is 2.00. The Balaban J connectivity index is 1.87. The van der Waals surface area contributed by atoms with Gasteiger partial charge >= 0.3 is 5.97 Å². The van der Waals surface area contributed by atoms with Crippen molar-refractivity contribution in [2.75, 3.05) is 12.4 Å². The molecule has 0 spiro atoms. The van der Waals surface area contributed by atoms with Crippen molar-refractivity contribution in [2.24, 2.45) is 7.05 Å². The number of carbonyl (C=O) groups excluding carboxylic acids is 1. The Morgan fingerprint density at radius 2 is 1.85 bits per heavy atom. The van der Waals surface area contributed by atoms with Crippen LogP contribution in [0.25, 0.3) is 11.3 Å². The molecule has 0 saturated carbocycles. The van der Waals surface area contributed by atoms with Crippen molar-refractivity contribution in [2.45, 2.75) is 0 Å². The van der Waals surface area contributed by atoms with Crippen LogP contribution in [-0.2, 0) is 7.05 Å². The lowest BCUT2D eigenvalue weighted by Gasteiger charge is -2.07. The Morgan fingerprint density at radius 3 is 2.48 bits per heavy atom. The van der Waals surface area contributed by atoms with Gasteiger partial charge in [-0.15, -0.1) is 0 Å². The highest BCUT2D eigenvalue weighted by Crippen LogP contribution is 2.24. The highest BCUT2D eigenvalue weighted by atomic mass is 79.9. The summed E-state index contributed by atoms with van der Waals surface area (Å²) < 4.78 is 7.35. The fourth-order valence-electron chi connectivity index (χ4n) is 2.60. The van der Waals surface area contributed by atoms with Gasteiger partial charge in [0.1, 0.15) is 5.75 Å². The minimum Gasteiger partial charge on any atom is -0.497 e. The van der Waals surface area contributed by atoms with Crippen LogP contribution in [0.4, 0.5) is 5.69 Å². The molecule has 0 unspecified atom stereocenters. The highest BCUT2D eigenvalue weighted by Gasteiger charge is 2.18. The van der Waals surface area contributed by atoms with Crippen LogP contribution in [0, 0.1) is 0 Å². The van der Waals surface area contributed by atoms with E-state index in [1.54, 1.807) is 31.0 Å². The van der Waals surface area contributed by atoms with E-state index in [0.717, 1.165) is 17.0 Å². The van der Waals surface area contributed by atoms with Gasteiger partial charge in [-0.3, -0.25) is 9.48 Å². The third kappa shape index (κ3) is 4.01. The Labute approximate surface area is 163 Å². The Kier molecular flexibility index (Phi) is 5.27. The number of rotatable bonds is 5. The number of methoxy groups -OCH3 is 1. The first kappa shape index (κ1) is 18.7. The van der Waals surface area contributed by atoms with E-state index in [-0.39, 0.29) is 16.9 Å². The lowest BCUT2D eigenvalue weighted by atomic mass is 10.1. The number of nitrogens with one attached hydrogen (secondary N) is 1. The monoisotopic (exact) mass is 429 g/mol. The van der Waals surface area contributed by atoms with Crippen molar-refractivity contribution < 1.29 is 19.4 Å². The lowest BCUT2D eigenvalue weighted by Crippen LogP contribution is -2.15. The molecule has 27 heavy (non-hydrogen) atoms. The van der Waals surface area contributed by atoms with Gasteiger partial charge in [0, 0.05) is 17.1 Å². The third-order valence-electron chi connectivity index (χ3n) is 3.96. The van der Waals surface area contributed by atoms with Crippen molar-refractivity contribution in [1.82, 2.24) is 9.78 Å². The van der Waals surface area contributed by atoms with Gasteiger partial charge in [0.25, 0.3) is 5.91 Å². The second-order valence-corrected chi connectivity index (χ2v) is 6.63. The number of aromatic nitrogens is 2. The number of amides is 1. The first-order valence-corrected chi connectivity index (χ1v) is 8.71. The average molecular weight is 430 g/mol. The van der Waals surface area contributed by atoms with Gasteiger partial charge in [-0.25, -0.2) is 4.79 Å². The molecule has 2 N–H and O–H groups in total. The summed E-state index contributed by atoms with van der Waals surface area (Å²) in [5.74, 6) is -0.892. The molecule has 3 aromatic rings. The fraction of sp³-hybridized carbons (Fsp3) is 0.105. The number of ether oxygens (including phenoxy) is 1. The summed E-state index contributed by atoms with van der Waals surface area (Å²) in [6.07, 6.45) is 0. The number of carboxylic acid groups (broad SMARTS) is 1. The van der Waals surface area contributed by atoms with Crippen LogP contribution in [0.15, 0.2) is 53.0 Å². The summed E-state index contributed by atoms with van der Waals surface area (Å²) in [4.78, 5) is 23.9. The molecule has 138 valence electrons. The number of halogens is 1. The zero-order chi connectivity index (χ0) is 19.6. The predicted octanol–water partition coefficient (Wildman–Crippen LogP) is 3.81. The van der Waals surface area contributed by atoms with Crippen LogP contribution in [0.3, 0.4) is 0 Å². The van der Waals surface area contributed by atoms with E-state index in [4.69, 9.17) is 4.74 Å². The number of benzene rings is 2. The molecular formula is C19H16BrN3O4. The van der Waals surface area contributed by atoms with Crippen molar-refractivity contribution >= 4 is 33.5 Å². The van der Waals surface area contributed by atoms with Crippen LogP contribution in [0.5, 0.6) is 5.75 Å². The summed E-state index contributed by atoms with van der Waals surface area (Å²) in [6, 6.07) is 13.6. The van der Waals surface area contributed by atoms with E-state index in [0.29, 0.717) is 4.47 Å². The first-order valence-electron chi connectivity index (χ1n) is 7.91. The number of carbonyl (C=O) groups is 2. The standard InChI is InChI=1S/C19H16BrN3O4/c1-23-17(11-3-6-13(27-2)7-4-11)10-16(22-23)18(24)21-15-8-5-12(20)9-14(15)19(25)26/h3-10H,1-2H3,(H,21,24)(H,25,26). The number of nitrogens with zero attached hydrogens (tertiary/aromatic N) is 2. The highest BCUT2D eigenvalue weighted by molar-refractivity contribution is 9.10. The summed E-state index contributed by atoms with van der Waals surface area (Å²) in [5, 5.41) is 16.2. The number of aryl methyl sites for hydroxylation is 1. The van der Waals surface area contributed by atoms with E-state index in [2.05, 4.69) is 26.3 Å². The summed E-state index contributed by atoms with van der Waals surface area (Å²) in [7, 11) is 3.33. The van der Waals surface area contributed by atoms with Crippen molar-refractivity contribution in [1.29, 1.82) is 0 Å². The molecular weight excluding hydrogens is 414 g/mol. The van der Waals surface area contributed by atoms with Gasteiger partial charge < -0.3 is 15.2 Å². The van der Waals surface area contributed by atoms with E-state index >= 15 is 0 Å². The number of hydrogen-bond donors (Lipinski definition) is 2. The van der Waals surface area contributed by atoms with Crippen molar-refractivity contribution in [3.8, 4) is 17.0 Å². The molecule has 0 radical (unpaired) electrons. The molecule has 1 heterocycles. The van der Waals surface area contributed by atoms with Crippen LogP contribution in [-0.4, -0.2) is 33.9 Å². The smallest absolute Gasteiger partial charge is 0.337 e. The van der Waals surface area contributed by atoms with Gasteiger partial charge in [-0.05, 0) is 48.5 Å². The van der Waals surface area contributed by atoms with Crippen molar-refractivity contribution in [3.63, 3.8) is 0 Å². The largest absolute Gasteiger partial charge is 0.497 e. The topological polar surface area (TPSA) is 93.4 Å². The van der Waals surface area contributed by atoms with E-state index in [9.17, 15) is 14.7 Å². The Bertz CT molecular complexity index is 1010. The second kappa shape index (κ2) is 7.63. The molecule has 2 aromatic carbocycles. The molecule has 1 aromatic heterocycles. The van der Waals surface area contributed by atoms with Gasteiger partial charge in [-0.1, -0.05) is 15.9 Å². The molecule has 1 amide bonds. The summed E-state index contributed by atoms with van der Waals surface area (Å²) in [6.45, 7) is 0. The van der Waals surface area contributed by atoms with Crippen LogP contribution in [0.1, 0.15) is 20.8 Å². The maximum Gasteiger partial charge on any atom is 0.337 e. The van der Waals surface area contributed by atoms with Crippen molar-refractivity contribution in [3.05, 3.63) is 64.3 Å². The first-order chi connectivity index (χ1) is 12.9. The van der Waals surface area contributed by atoms with Gasteiger partial charge in [0.15, 0.2) is 5.69 Å². The average Bonchev–Trinajstić information content (AvgIpc) is 3.05. The molecule has 7 nitrogen and oxygen atoms in total. The lowest BCUT2D eigenvalue weighted by molar-refractivity contribution is 0.0698.